The number of rotatable bonds is 6. The molecular weight excluding hydrogens is 288 g/mol. The van der Waals surface area contributed by atoms with E-state index >= 15 is 0 Å². The van der Waals surface area contributed by atoms with Crippen LogP contribution in [0, 0.1) is 13.8 Å². The van der Waals surface area contributed by atoms with Crippen molar-refractivity contribution in [3.63, 3.8) is 0 Å². The number of aromatic nitrogens is 2. The van der Waals surface area contributed by atoms with Gasteiger partial charge in [-0.05, 0) is 56.9 Å². The minimum absolute atomic E-state index is 0.0524. The molecule has 122 valence electrons. The molecule has 0 saturated heterocycles. The molecule has 1 aliphatic rings. The summed E-state index contributed by atoms with van der Waals surface area (Å²) in [5.41, 5.74) is 4.54. The molecule has 2 aromatic rings. The molecule has 5 nitrogen and oxygen atoms in total. The number of aliphatic hydroxyl groups excluding tert-OH is 1. The molecule has 0 amide bonds. The van der Waals surface area contributed by atoms with Crippen LogP contribution in [-0.4, -0.2) is 27.7 Å². The number of hydrogen-bond acceptors (Lipinski definition) is 5. The van der Waals surface area contributed by atoms with Crippen molar-refractivity contribution in [3.05, 3.63) is 41.1 Å². The monoisotopic (exact) mass is 312 g/mol. The van der Waals surface area contributed by atoms with Crippen molar-refractivity contribution in [1.82, 2.24) is 9.97 Å². The van der Waals surface area contributed by atoms with Crippen LogP contribution in [0.4, 0.5) is 17.5 Å². The fraction of sp³-hybridized carbons (Fsp3) is 0.444. The first-order valence-electron chi connectivity index (χ1n) is 8.15. The maximum Gasteiger partial charge on any atom is 0.225 e. The zero-order chi connectivity index (χ0) is 16.4. The quantitative estimate of drug-likeness (QED) is 0.761. The van der Waals surface area contributed by atoms with E-state index in [-0.39, 0.29) is 12.6 Å². The summed E-state index contributed by atoms with van der Waals surface area (Å²) in [6.45, 7) is 6.13. The van der Waals surface area contributed by atoms with Crippen molar-refractivity contribution in [2.24, 2.45) is 0 Å². The van der Waals surface area contributed by atoms with Crippen molar-refractivity contribution in [1.29, 1.82) is 0 Å². The van der Waals surface area contributed by atoms with E-state index in [1.165, 1.54) is 24.0 Å². The number of anilines is 3. The molecule has 3 N–H and O–H groups in total. The van der Waals surface area contributed by atoms with E-state index in [0.29, 0.717) is 11.9 Å². The Balaban J connectivity index is 1.87. The minimum atomic E-state index is -0.0708. The van der Waals surface area contributed by atoms with Gasteiger partial charge in [-0.25, -0.2) is 4.98 Å². The lowest BCUT2D eigenvalue weighted by atomic mass is 10.1. The van der Waals surface area contributed by atoms with Crippen LogP contribution in [-0.2, 0) is 0 Å². The topological polar surface area (TPSA) is 70.1 Å². The number of hydrogen-bond donors (Lipinski definition) is 3. The Kier molecular flexibility index (Phi) is 4.48. The first-order valence-corrected chi connectivity index (χ1v) is 8.15. The second kappa shape index (κ2) is 6.54. The Morgan fingerprint density at radius 1 is 1.13 bits per heavy atom. The molecule has 1 saturated carbocycles. The van der Waals surface area contributed by atoms with E-state index in [9.17, 15) is 5.11 Å². The standard InChI is InChI=1S/C18H24N4O/c1-11-6-12(2)8-15(7-11)20-17-9-16(14-4-5-14)21-18(22-17)19-13(3)10-23/h6-9,13-14,23H,4-5,10H2,1-3H3,(H2,19,20,21,22)/t13-/m1/s1. The van der Waals surface area contributed by atoms with Gasteiger partial charge < -0.3 is 15.7 Å². The highest BCUT2D eigenvalue weighted by Gasteiger charge is 2.26. The summed E-state index contributed by atoms with van der Waals surface area (Å²) in [7, 11) is 0. The lowest BCUT2D eigenvalue weighted by molar-refractivity contribution is 0.281. The fourth-order valence-electron chi connectivity index (χ4n) is 2.64. The number of nitrogens with zero attached hydrogens (tertiary/aromatic N) is 2. The highest BCUT2D eigenvalue weighted by molar-refractivity contribution is 5.60. The van der Waals surface area contributed by atoms with E-state index in [2.05, 4.69) is 52.6 Å². The molecule has 0 radical (unpaired) electrons. The van der Waals surface area contributed by atoms with Gasteiger partial charge in [0.15, 0.2) is 0 Å². The molecule has 1 aliphatic carbocycles. The van der Waals surface area contributed by atoms with Gasteiger partial charge in [0.25, 0.3) is 0 Å². The average Bonchev–Trinajstić information content (AvgIpc) is 3.30. The van der Waals surface area contributed by atoms with Crippen LogP contribution >= 0.6 is 0 Å². The van der Waals surface area contributed by atoms with Gasteiger partial charge in [-0.2, -0.15) is 4.98 Å². The lowest BCUT2D eigenvalue weighted by Gasteiger charge is -2.14. The van der Waals surface area contributed by atoms with Gasteiger partial charge in [-0.1, -0.05) is 6.07 Å². The third kappa shape index (κ3) is 4.20. The first kappa shape index (κ1) is 15.7. The third-order valence-corrected chi connectivity index (χ3v) is 3.89. The molecule has 5 heteroatoms. The van der Waals surface area contributed by atoms with Crippen molar-refractivity contribution < 1.29 is 5.11 Å². The van der Waals surface area contributed by atoms with Crippen molar-refractivity contribution in [3.8, 4) is 0 Å². The maximum absolute atomic E-state index is 9.22. The van der Waals surface area contributed by atoms with Gasteiger partial charge in [0.05, 0.1) is 12.3 Å². The summed E-state index contributed by atoms with van der Waals surface area (Å²) in [5, 5.41) is 15.8. The fourth-order valence-corrected chi connectivity index (χ4v) is 2.64. The van der Waals surface area contributed by atoms with Gasteiger partial charge in [0.2, 0.25) is 5.95 Å². The summed E-state index contributed by atoms with van der Waals surface area (Å²) < 4.78 is 0. The average molecular weight is 312 g/mol. The highest BCUT2D eigenvalue weighted by Crippen LogP contribution is 2.40. The molecule has 1 aromatic carbocycles. The smallest absolute Gasteiger partial charge is 0.225 e. The Hall–Kier alpha value is -2.14. The Morgan fingerprint density at radius 2 is 1.83 bits per heavy atom. The van der Waals surface area contributed by atoms with E-state index in [1.54, 1.807) is 0 Å². The summed E-state index contributed by atoms with van der Waals surface area (Å²) in [6, 6.07) is 8.32. The summed E-state index contributed by atoms with van der Waals surface area (Å²) >= 11 is 0. The van der Waals surface area contributed by atoms with E-state index < -0.39 is 0 Å². The molecule has 0 bridgehead atoms. The lowest BCUT2D eigenvalue weighted by Crippen LogP contribution is -2.21. The minimum Gasteiger partial charge on any atom is -0.394 e. The van der Waals surface area contributed by atoms with E-state index in [4.69, 9.17) is 0 Å². The van der Waals surface area contributed by atoms with Gasteiger partial charge in [0, 0.05) is 23.7 Å². The molecule has 1 aromatic heterocycles. The zero-order valence-electron chi connectivity index (χ0n) is 13.9. The van der Waals surface area contributed by atoms with Crippen LogP contribution in [0.1, 0.15) is 42.5 Å². The normalized spacial score (nSPS) is 15.3. The number of aliphatic hydroxyl groups is 1. The maximum atomic E-state index is 9.22. The second-order valence-corrected chi connectivity index (χ2v) is 6.51. The Labute approximate surface area is 137 Å². The summed E-state index contributed by atoms with van der Waals surface area (Å²) in [4.78, 5) is 9.13. The molecule has 0 spiro atoms. The van der Waals surface area contributed by atoms with Crippen LogP contribution in [0.15, 0.2) is 24.3 Å². The molecular formula is C18H24N4O. The van der Waals surface area contributed by atoms with Crippen LogP contribution in [0.3, 0.4) is 0 Å². The summed E-state index contributed by atoms with van der Waals surface area (Å²) in [5.74, 6) is 1.91. The predicted molar refractivity (Wildman–Crippen MR) is 93.4 cm³/mol. The number of aryl methyl sites for hydroxylation is 2. The van der Waals surface area contributed by atoms with Gasteiger partial charge in [-0.15, -0.1) is 0 Å². The molecule has 23 heavy (non-hydrogen) atoms. The molecule has 1 atom stereocenters. The van der Waals surface area contributed by atoms with Gasteiger partial charge in [0.1, 0.15) is 5.82 Å². The van der Waals surface area contributed by atoms with E-state index in [1.807, 2.05) is 13.0 Å². The third-order valence-electron chi connectivity index (χ3n) is 3.89. The second-order valence-electron chi connectivity index (χ2n) is 6.51. The molecule has 0 unspecified atom stereocenters. The molecule has 1 heterocycles. The molecule has 0 aliphatic heterocycles. The Bertz CT molecular complexity index is 677. The molecule has 3 rings (SSSR count). The highest BCUT2D eigenvalue weighted by atomic mass is 16.3. The largest absolute Gasteiger partial charge is 0.394 e. The SMILES string of the molecule is Cc1cc(C)cc(Nc2cc(C3CC3)nc(N[C@H](C)CO)n2)c1. The van der Waals surface area contributed by atoms with Crippen LogP contribution in [0.5, 0.6) is 0 Å². The number of benzene rings is 1. The van der Waals surface area contributed by atoms with E-state index in [0.717, 1.165) is 17.2 Å². The predicted octanol–water partition coefficient (Wildman–Crippen LogP) is 3.51. The van der Waals surface area contributed by atoms with Crippen LogP contribution in [0.2, 0.25) is 0 Å². The summed E-state index contributed by atoms with van der Waals surface area (Å²) in [6.07, 6.45) is 2.38. The van der Waals surface area contributed by atoms with Crippen molar-refractivity contribution in [2.45, 2.75) is 45.6 Å². The first-order chi connectivity index (χ1) is 11.0. The number of nitrogens with one attached hydrogen (secondary N) is 2. The van der Waals surface area contributed by atoms with Crippen LogP contribution < -0.4 is 10.6 Å². The Morgan fingerprint density at radius 3 is 2.43 bits per heavy atom. The van der Waals surface area contributed by atoms with Gasteiger partial charge >= 0.3 is 0 Å². The zero-order valence-corrected chi connectivity index (χ0v) is 13.9. The molecule has 1 fully saturated rings. The van der Waals surface area contributed by atoms with Gasteiger partial charge in [-0.3, -0.25) is 0 Å². The van der Waals surface area contributed by atoms with Crippen molar-refractivity contribution in [2.75, 3.05) is 17.2 Å². The van der Waals surface area contributed by atoms with Crippen molar-refractivity contribution >= 4 is 17.5 Å². The van der Waals surface area contributed by atoms with Crippen LogP contribution in [0.25, 0.3) is 0 Å².